The van der Waals surface area contributed by atoms with Gasteiger partial charge in [-0.3, -0.25) is 4.79 Å². The third-order valence-electron chi connectivity index (χ3n) is 7.09. The maximum atomic E-state index is 13.4. The van der Waals surface area contributed by atoms with Crippen molar-refractivity contribution in [1.29, 1.82) is 0 Å². The SMILES string of the molecule is Cc1cc(C)n(-c2cccc(C(=O)N3CCC[C@]4(CC3)CN(CCc3ccccc3)C(=O)O4)c2)n1. The van der Waals surface area contributed by atoms with Gasteiger partial charge in [-0.1, -0.05) is 36.4 Å². The molecule has 2 aliphatic heterocycles. The molecule has 0 aliphatic carbocycles. The highest BCUT2D eigenvalue weighted by atomic mass is 16.6. The molecule has 7 heteroatoms. The number of ether oxygens (including phenoxy) is 1. The van der Waals surface area contributed by atoms with Crippen molar-refractivity contribution >= 4 is 12.0 Å². The monoisotopic (exact) mass is 472 g/mol. The van der Waals surface area contributed by atoms with Crippen molar-refractivity contribution in [1.82, 2.24) is 19.6 Å². The third-order valence-corrected chi connectivity index (χ3v) is 7.09. The lowest BCUT2D eigenvalue weighted by molar-refractivity contribution is 0.0438. The predicted molar refractivity (Wildman–Crippen MR) is 134 cm³/mol. The van der Waals surface area contributed by atoms with Crippen LogP contribution in [0, 0.1) is 13.8 Å². The molecule has 1 aromatic heterocycles. The molecule has 1 spiro atoms. The van der Waals surface area contributed by atoms with Crippen molar-refractivity contribution < 1.29 is 14.3 Å². The van der Waals surface area contributed by atoms with E-state index in [-0.39, 0.29) is 12.0 Å². The van der Waals surface area contributed by atoms with Crippen LogP contribution in [-0.4, -0.2) is 63.4 Å². The van der Waals surface area contributed by atoms with E-state index in [1.807, 2.05) is 76.9 Å². The van der Waals surface area contributed by atoms with E-state index < -0.39 is 5.60 Å². The Kier molecular flexibility index (Phi) is 6.32. The summed E-state index contributed by atoms with van der Waals surface area (Å²) in [5, 5.41) is 4.54. The van der Waals surface area contributed by atoms with Gasteiger partial charge in [-0.25, -0.2) is 9.48 Å². The lowest BCUT2D eigenvalue weighted by Crippen LogP contribution is -2.37. The van der Waals surface area contributed by atoms with Crippen LogP contribution in [0.5, 0.6) is 0 Å². The molecule has 35 heavy (non-hydrogen) atoms. The number of carbonyl (C=O) groups excluding carboxylic acids is 2. The van der Waals surface area contributed by atoms with Crippen molar-refractivity contribution in [2.75, 3.05) is 26.2 Å². The highest BCUT2D eigenvalue weighted by molar-refractivity contribution is 5.94. The van der Waals surface area contributed by atoms with Crippen molar-refractivity contribution in [3.05, 3.63) is 83.2 Å². The summed E-state index contributed by atoms with van der Waals surface area (Å²) in [6.07, 6.45) is 2.81. The van der Waals surface area contributed by atoms with Gasteiger partial charge in [0.15, 0.2) is 0 Å². The summed E-state index contributed by atoms with van der Waals surface area (Å²) in [4.78, 5) is 29.8. The lowest BCUT2D eigenvalue weighted by Gasteiger charge is -2.25. The summed E-state index contributed by atoms with van der Waals surface area (Å²) in [6.45, 7) is 6.44. The van der Waals surface area contributed by atoms with Crippen molar-refractivity contribution in [2.24, 2.45) is 0 Å². The Morgan fingerprint density at radius 1 is 1.03 bits per heavy atom. The second kappa shape index (κ2) is 9.56. The largest absolute Gasteiger partial charge is 0.441 e. The number of amides is 2. The second-order valence-corrected chi connectivity index (χ2v) is 9.74. The zero-order valence-corrected chi connectivity index (χ0v) is 20.4. The van der Waals surface area contributed by atoms with Gasteiger partial charge < -0.3 is 14.5 Å². The summed E-state index contributed by atoms with van der Waals surface area (Å²) >= 11 is 0. The fourth-order valence-corrected chi connectivity index (χ4v) is 5.25. The molecule has 2 aliphatic rings. The number of hydrogen-bond acceptors (Lipinski definition) is 4. The number of likely N-dealkylation sites (tertiary alicyclic amines) is 1. The molecule has 0 unspecified atom stereocenters. The van der Waals surface area contributed by atoms with Crippen LogP contribution in [0.2, 0.25) is 0 Å². The van der Waals surface area contributed by atoms with Crippen LogP contribution in [0.1, 0.15) is 46.6 Å². The molecule has 3 aromatic rings. The maximum absolute atomic E-state index is 13.4. The van der Waals surface area contributed by atoms with E-state index in [2.05, 4.69) is 17.2 Å². The zero-order valence-electron chi connectivity index (χ0n) is 20.4. The van der Waals surface area contributed by atoms with E-state index in [1.54, 1.807) is 0 Å². The van der Waals surface area contributed by atoms with Gasteiger partial charge in [0.2, 0.25) is 0 Å². The quantitative estimate of drug-likeness (QED) is 0.546. The Balaban J connectivity index is 1.23. The Morgan fingerprint density at radius 2 is 1.86 bits per heavy atom. The van der Waals surface area contributed by atoms with Gasteiger partial charge in [0.05, 0.1) is 17.9 Å². The number of benzene rings is 2. The minimum Gasteiger partial charge on any atom is -0.441 e. The van der Waals surface area contributed by atoms with E-state index in [0.717, 1.165) is 36.3 Å². The first-order valence-electron chi connectivity index (χ1n) is 12.4. The summed E-state index contributed by atoms with van der Waals surface area (Å²) in [5.74, 6) is 0.00990. The Morgan fingerprint density at radius 3 is 2.63 bits per heavy atom. The molecule has 1 atom stereocenters. The van der Waals surface area contributed by atoms with E-state index in [0.29, 0.717) is 38.2 Å². The van der Waals surface area contributed by atoms with Crippen LogP contribution in [-0.2, 0) is 11.2 Å². The van der Waals surface area contributed by atoms with E-state index in [4.69, 9.17) is 4.74 Å². The van der Waals surface area contributed by atoms with Crippen molar-refractivity contribution in [3.63, 3.8) is 0 Å². The molecule has 0 bridgehead atoms. The molecule has 5 rings (SSSR count). The van der Waals surface area contributed by atoms with Crippen molar-refractivity contribution in [2.45, 2.75) is 45.1 Å². The third kappa shape index (κ3) is 4.94. The molecule has 7 nitrogen and oxygen atoms in total. The topological polar surface area (TPSA) is 67.7 Å². The summed E-state index contributed by atoms with van der Waals surface area (Å²) < 4.78 is 7.80. The van der Waals surface area contributed by atoms with E-state index in [9.17, 15) is 9.59 Å². The summed E-state index contributed by atoms with van der Waals surface area (Å²) in [7, 11) is 0. The molecule has 0 radical (unpaired) electrons. The normalized spacial score (nSPS) is 20.2. The molecule has 2 amide bonds. The minimum atomic E-state index is -0.506. The highest BCUT2D eigenvalue weighted by Crippen LogP contribution is 2.34. The van der Waals surface area contributed by atoms with E-state index >= 15 is 0 Å². The molecule has 2 saturated heterocycles. The highest BCUT2D eigenvalue weighted by Gasteiger charge is 2.45. The number of rotatable bonds is 5. The summed E-state index contributed by atoms with van der Waals surface area (Å²) in [6, 6.07) is 19.9. The van der Waals surface area contributed by atoms with Crippen LogP contribution in [0.25, 0.3) is 5.69 Å². The molecule has 2 fully saturated rings. The molecule has 3 heterocycles. The van der Waals surface area contributed by atoms with Gasteiger partial charge in [-0.15, -0.1) is 0 Å². The Bertz CT molecular complexity index is 1220. The number of hydrogen-bond donors (Lipinski definition) is 0. The first-order chi connectivity index (χ1) is 16.9. The minimum absolute atomic E-state index is 0.00990. The van der Waals surface area contributed by atoms with Gasteiger partial charge in [0, 0.05) is 37.3 Å². The van der Waals surface area contributed by atoms with Crippen molar-refractivity contribution in [3.8, 4) is 5.69 Å². The molecular formula is C28H32N4O3. The predicted octanol–water partition coefficient (Wildman–Crippen LogP) is 4.55. The van der Waals surface area contributed by atoms with Crippen LogP contribution < -0.4 is 0 Å². The number of aromatic nitrogens is 2. The van der Waals surface area contributed by atoms with Gasteiger partial charge in [0.25, 0.3) is 5.91 Å². The van der Waals surface area contributed by atoms with Gasteiger partial charge in [0.1, 0.15) is 5.60 Å². The molecule has 0 saturated carbocycles. The summed E-state index contributed by atoms with van der Waals surface area (Å²) in [5.41, 5.74) is 4.21. The first-order valence-corrected chi connectivity index (χ1v) is 12.4. The number of nitrogens with zero attached hydrogens (tertiary/aromatic N) is 4. The van der Waals surface area contributed by atoms with E-state index in [1.165, 1.54) is 5.56 Å². The average Bonchev–Trinajstić information content (AvgIpc) is 3.28. The smallest absolute Gasteiger partial charge is 0.410 e. The molecular weight excluding hydrogens is 440 g/mol. The van der Waals surface area contributed by atoms with Gasteiger partial charge >= 0.3 is 6.09 Å². The molecule has 2 aromatic carbocycles. The molecule has 0 N–H and O–H groups in total. The zero-order chi connectivity index (χ0) is 24.4. The van der Waals surface area contributed by atoms with Crippen LogP contribution in [0.4, 0.5) is 4.79 Å². The standard InChI is InChI=1S/C28H32N4O3/c1-21-18-22(2)32(29-21)25-11-6-10-24(19-25)26(33)30-15-7-13-28(14-17-30)20-31(27(34)35-28)16-12-23-8-4-3-5-9-23/h3-6,8-11,18-19H,7,12-17,20H2,1-2H3/t28-/m0/s1. The Hall–Kier alpha value is -3.61. The lowest BCUT2D eigenvalue weighted by atomic mass is 9.95. The van der Waals surface area contributed by atoms with Crippen LogP contribution >= 0.6 is 0 Å². The molecule has 182 valence electrons. The van der Waals surface area contributed by atoms with Crippen LogP contribution in [0.3, 0.4) is 0 Å². The van der Waals surface area contributed by atoms with Crippen LogP contribution in [0.15, 0.2) is 60.7 Å². The average molecular weight is 473 g/mol. The number of carbonyl (C=O) groups is 2. The number of aryl methyl sites for hydroxylation is 2. The maximum Gasteiger partial charge on any atom is 0.410 e. The van der Waals surface area contributed by atoms with Gasteiger partial charge in [-0.05, 0) is 62.9 Å². The fourth-order valence-electron chi connectivity index (χ4n) is 5.25. The Labute approximate surface area is 206 Å². The van der Waals surface area contributed by atoms with Gasteiger partial charge in [-0.2, -0.15) is 5.10 Å². The first kappa shape index (κ1) is 23.1. The fraction of sp³-hybridized carbons (Fsp3) is 0.393. The second-order valence-electron chi connectivity index (χ2n) is 9.74.